The zero-order chi connectivity index (χ0) is 12.7. The van der Waals surface area contributed by atoms with E-state index in [1.807, 2.05) is 0 Å². The SMILES string of the molecule is CC(=O)NC1C2CC(=O)CC1C(N)C(=O)C2=O. The number of nitrogens with one attached hydrogen (secondary N) is 1. The summed E-state index contributed by atoms with van der Waals surface area (Å²) >= 11 is 0. The molecule has 4 unspecified atom stereocenters. The van der Waals surface area contributed by atoms with E-state index in [1.165, 1.54) is 6.92 Å². The molecular weight excluding hydrogens is 224 g/mol. The molecule has 3 N–H and O–H groups in total. The summed E-state index contributed by atoms with van der Waals surface area (Å²) in [6, 6.07) is -1.45. The lowest BCUT2D eigenvalue weighted by Gasteiger charge is -2.42. The zero-order valence-electron chi connectivity index (χ0n) is 9.43. The fourth-order valence-electron chi connectivity index (χ4n) is 2.73. The van der Waals surface area contributed by atoms with Gasteiger partial charge in [-0.1, -0.05) is 0 Å². The maximum absolute atomic E-state index is 11.8. The van der Waals surface area contributed by atoms with Crippen molar-refractivity contribution in [1.82, 2.24) is 5.32 Å². The first-order valence-electron chi connectivity index (χ1n) is 5.54. The molecule has 2 saturated carbocycles. The second kappa shape index (κ2) is 4.03. The van der Waals surface area contributed by atoms with Gasteiger partial charge >= 0.3 is 0 Å². The highest BCUT2D eigenvalue weighted by Gasteiger charge is 2.52. The molecule has 1 amide bonds. The fraction of sp³-hybridized carbons (Fsp3) is 0.636. The molecule has 0 spiro atoms. The van der Waals surface area contributed by atoms with Gasteiger partial charge in [0.2, 0.25) is 17.5 Å². The average Bonchev–Trinajstić information content (AvgIpc) is 2.25. The number of nitrogens with two attached hydrogens (primary N) is 1. The Morgan fingerprint density at radius 2 is 1.88 bits per heavy atom. The third-order valence-corrected chi connectivity index (χ3v) is 3.52. The number of rotatable bonds is 1. The molecule has 2 bridgehead atoms. The molecule has 2 aliphatic carbocycles. The number of hydrogen-bond donors (Lipinski definition) is 2. The van der Waals surface area contributed by atoms with Crippen LogP contribution in [-0.4, -0.2) is 35.3 Å². The van der Waals surface area contributed by atoms with Crippen molar-refractivity contribution in [3.63, 3.8) is 0 Å². The van der Waals surface area contributed by atoms with Crippen LogP contribution in [0, 0.1) is 11.8 Å². The third kappa shape index (κ3) is 1.88. The van der Waals surface area contributed by atoms with E-state index in [1.54, 1.807) is 0 Å². The topological polar surface area (TPSA) is 106 Å². The van der Waals surface area contributed by atoms with E-state index in [9.17, 15) is 19.2 Å². The van der Waals surface area contributed by atoms with Gasteiger partial charge in [0.15, 0.2) is 0 Å². The van der Waals surface area contributed by atoms with Gasteiger partial charge in [-0.25, -0.2) is 0 Å². The number of fused-ring (bicyclic) bond motifs is 2. The summed E-state index contributed by atoms with van der Waals surface area (Å²) in [5.74, 6) is -2.77. The van der Waals surface area contributed by atoms with Gasteiger partial charge in [0.05, 0.1) is 12.0 Å². The Balaban J connectivity index is 2.34. The van der Waals surface area contributed by atoms with Crippen molar-refractivity contribution >= 4 is 23.3 Å². The van der Waals surface area contributed by atoms with E-state index in [0.717, 1.165) is 0 Å². The predicted octanol–water partition coefficient (Wildman–Crippen LogP) is -1.43. The summed E-state index contributed by atoms with van der Waals surface area (Å²) in [6.45, 7) is 1.34. The Bertz CT molecular complexity index is 418. The molecule has 0 aromatic rings. The average molecular weight is 238 g/mol. The van der Waals surface area contributed by atoms with E-state index >= 15 is 0 Å². The number of carbonyl (C=O) groups excluding carboxylic acids is 4. The van der Waals surface area contributed by atoms with Crippen molar-refractivity contribution in [1.29, 1.82) is 0 Å². The molecule has 2 aliphatic rings. The minimum Gasteiger partial charge on any atom is -0.352 e. The summed E-state index contributed by atoms with van der Waals surface area (Å²) in [5, 5.41) is 2.64. The van der Waals surface area contributed by atoms with Gasteiger partial charge in [-0.15, -0.1) is 0 Å². The van der Waals surface area contributed by atoms with E-state index in [-0.39, 0.29) is 24.5 Å². The second-order valence-corrected chi connectivity index (χ2v) is 4.70. The van der Waals surface area contributed by atoms with Crippen LogP contribution in [0.2, 0.25) is 0 Å². The largest absolute Gasteiger partial charge is 0.352 e. The van der Waals surface area contributed by atoms with Crippen molar-refractivity contribution in [2.24, 2.45) is 17.6 Å². The Kier molecular flexibility index (Phi) is 2.82. The lowest BCUT2D eigenvalue weighted by atomic mass is 9.65. The van der Waals surface area contributed by atoms with Gasteiger partial charge < -0.3 is 11.1 Å². The van der Waals surface area contributed by atoms with Crippen LogP contribution in [0.4, 0.5) is 0 Å². The summed E-state index contributed by atoms with van der Waals surface area (Å²) in [7, 11) is 0. The van der Waals surface area contributed by atoms with Crippen LogP contribution >= 0.6 is 0 Å². The Hall–Kier alpha value is -1.56. The van der Waals surface area contributed by atoms with Crippen LogP contribution in [0.15, 0.2) is 0 Å². The second-order valence-electron chi connectivity index (χ2n) is 4.70. The molecule has 0 aliphatic heterocycles. The number of Topliss-reactive ketones (excluding diaryl/α,β-unsaturated/α-hetero) is 3. The lowest BCUT2D eigenvalue weighted by molar-refractivity contribution is -0.149. The maximum Gasteiger partial charge on any atom is 0.217 e. The quantitative estimate of drug-likeness (QED) is 0.544. The fourth-order valence-corrected chi connectivity index (χ4v) is 2.73. The molecule has 6 nitrogen and oxygen atoms in total. The first kappa shape index (κ1) is 11.9. The van der Waals surface area contributed by atoms with Gasteiger partial charge in [-0.2, -0.15) is 0 Å². The smallest absolute Gasteiger partial charge is 0.217 e. The molecule has 92 valence electrons. The summed E-state index contributed by atoms with van der Waals surface area (Å²) in [4.78, 5) is 45.9. The molecule has 2 fully saturated rings. The van der Waals surface area contributed by atoms with Crippen LogP contribution in [0.1, 0.15) is 19.8 Å². The number of hydrogen-bond acceptors (Lipinski definition) is 5. The van der Waals surface area contributed by atoms with Crippen LogP contribution in [-0.2, 0) is 19.2 Å². The van der Waals surface area contributed by atoms with E-state index in [0.29, 0.717) is 0 Å². The van der Waals surface area contributed by atoms with Crippen molar-refractivity contribution in [3.05, 3.63) is 0 Å². The standard InChI is InChI=1S/C11H14N2O4/c1-4(14)13-9-6-2-5(15)3-7(9)10(16)11(17)8(6)12/h6-9H,2-3,12H2,1H3,(H,13,14). The Morgan fingerprint density at radius 3 is 2.47 bits per heavy atom. The molecule has 2 rings (SSSR count). The molecule has 0 heterocycles. The Labute approximate surface area is 97.9 Å². The number of amides is 1. The lowest BCUT2D eigenvalue weighted by Crippen LogP contribution is -2.64. The minimum absolute atomic E-state index is 0.0265. The van der Waals surface area contributed by atoms with Crippen LogP contribution in [0.25, 0.3) is 0 Å². The summed E-state index contributed by atoms with van der Waals surface area (Å²) < 4.78 is 0. The summed E-state index contributed by atoms with van der Waals surface area (Å²) in [6.07, 6.45) is 0.181. The highest BCUT2D eigenvalue weighted by atomic mass is 16.2. The molecule has 0 aromatic heterocycles. The predicted molar refractivity (Wildman–Crippen MR) is 56.8 cm³/mol. The van der Waals surface area contributed by atoms with Gasteiger partial charge in [-0.05, 0) is 0 Å². The molecule has 6 heteroatoms. The molecule has 0 saturated heterocycles. The first-order chi connectivity index (χ1) is 7.91. The van der Waals surface area contributed by atoms with E-state index in [2.05, 4.69) is 5.32 Å². The highest BCUT2D eigenvalue weighted by molar-refractivity contribution is 6.41. The van der Waals surface area contributed by atoms with Crippen molar-refractivity contribution in [3.8, 4) is 0 Å². The summed E-state index contributed by atoms with van der Waals surface area (Å²) in [5.41, 5.74) is 5.67. The van der Waals surface area contributed by atoms with E-state index < -0.39 is 35.5 Å². The maximum atomic E-state index is 11.8. The van der Waals surface area contributed by atoms with Gasteiger partial charge in [0.1, 0.15) is 5.78 Å². The van der Waals surface area contributed by atoms with Crippen LogP contribution in [0.3, 0.4) is 0 Å². The first-order valence-corrected chi connectivity index (χ1v) is 5.54. The van der Waals surface area contributed by atoms with Crippen molar-refractivity contribution < 1.29 is 19.2 Å². The normalized spacial score (nSPS) is 36.9. The number of ketones is 3. The van der Waals surface area contributed by atoms with Crippen molar-refractivity contribution in [2.75, 3.05) is 0 Å². The molecule has 0 aromatic carbocycles. The molecule has 17 heavy (non-hydrogen) atoms. The number of carbonyl (C=O) groups is 4. The van der Waals surface area contributed by atoms with Crippen LogP contribution in [0.5, 0.6) is 0 Å². The highest BCUT2D eigenvalue weighted by Crippen LogP contribution is 2.34. The Morgan fingerprint density at radius 1 is 1.24 bits per heavy atom. The van der Waals surface area contributed by atoms with Gasteiger partial charge in [0, 0.05) is 31.7 Å². The minimum atomic E-state index is -0.972. The molecule has 0 radical (unpaired) electrons. The molecular formula is C11H14N2O4. The monoisotopic (exact) mass is 238 g/mol. The zero-order valence-corrected chi connectivity index (χ0v) is 9.43. The van der Waals surface area contributed by atoms with Crippen molar-refractivity contribution in [2.45, 2.75) is 31.8 Å². The van der Waals surface area contributed by atoms with Gasteiger partial charge in [-0.3, -0.25) is 19.2 Å². The van der Waals surface area contributed by atoms with Crippen LogP contribution < -0.4 is 11.1 Å². The third-order valence-electron chi connectivity index (χ3n) is 3.52. The van der Waals surface area contributed by atoms with E-state index in [4.69, 9.17) is 5.73 Å². The molecule has 4 atom stereocenters. The van der Waals surface area contributed by atoms with Gasteiger partial charge in [0.25, 0.3) is 0 Å².